The van der Waals surface area contributed by atoms with Gasteiger partial charge in [-0.25, -0.2) is 0 Å². The number of rotatable bonds is 0. The summed E-state index contributed by atoms with van der Waals surface area (Å²) in [6.07, 6.45) is 0.451. The summed E-state index contributed by atoms with van der Waals surface area (Å²) in [5.41, 5.74) is 2.04. The van der Waals surface area contributed by atoms with Gasteiger partial charge >= 0.3 is 0 Å². The molecule has 1 aromatic carbocycles. The lowest BCUT2D eigenvalue weighted by atomic mass is 9.96. The summed E-state index contributed by atoms with van der Waals surface area (Å²) in [6.45, 7) is 2.08. The van der Waals surface area contributed by atoms with Crippen LogP contribution in [0.5, 0.6) is 0 Å². The normalized spacial score (nSPS) is 26.4. The van der Waals surface area contributed by atoms with Crippen LogP contribution in [0.1, 0.15) is 25.0 Å². The topological polar surface area (TPSA) is 32.3 Å². The van der Waals surface area contributed by atoms with Crippen LogP contribution in [-0.2, 0) is 0 Å². The van der Waals surface area contributed by atoms with Crippen LogP contribution in [0.2, 0.25) is 0 Å². The van der Waals surface area contributed by atoms with Crippen LogP contribution in [0.15, 0.2) is 22.7 Å². The highest BCUT2D eigenvalue weighted by molar-refractivity contribution is 9.10. The van der Waals surface area contributed by atoms with E-state index in [0.717, 1.165) is 22.1 Å². The number of aliphatic hydroxyl groups excluding tert-OH is 1. The molecule has 70 valence electrons. The quantitative estimate of drug-likeness (QED) is 0.733. The lowest BCUT2D eigenvalue weighted by Crippen LogP contribution is -2.25. The van der Waals surface area contributed by atoms with Crippen molar-refractivity contribution in [1.29, 1.82) is 0 Å². The van der Waals surface area contributed by atoms with E-state index in [0.29, 0.717) is 6.04 Å². The van der Waals surface area contributed by atoms with E-state index in [9.17, 15) is 5.11 Å². The molecule has 0 amide bonds. The summed E-state index contributed by atoms with van der Waals surface area (Å²) in [4.78, 5) is 0. The van der Waals surface area contributed by atoms with E-state index in [1.165, 1.54) is 0 Å². The van der Waals surface area contributed by atoms with E-state index in [2.05, 4.69) is 28.2 Å². The second-order valence-electron chi connectivity index (χ2n) is 3.53. The first-order valence-corrected chi connectivity index (χ1v) is 5.20. The van der Waals surface area contributed by atoms with E-state index in [1.54, 1.807) is 0 Å². The van der Waals surface area contributed by atoms with Crippen LogP contribution in [0.3, 0.4) is 0 Å². The van der Waals surface area contributed by atoms with Crippen molar-refractivity contribution in [3.05, 3.63) is 28.2 Å². The van der Waals surface area contributed by atoms with Crippen molar-refractivity contribution in [2.75, 3.05) is 5.32 Å². The third-order valence-corrected chi connectivity index (χ3v) is 2.84. The molecular formula is C10H12BrNO. The molecule has 2 nitrogen and oxygen atoms in total. The molecule has 2 rings (SSSR count). The van der Waals surface area contributed by atoms with Crippen LogP contribution < -0.4 is 5.32 Å². The number of anilines is 1. The van der Waals surface area contributed by atoms with Crippen molar-refractivity contribution in [2.24, 2.45) is 0 Å². The molecule has 2 N–H and O–H groups in total. The predicted molar refractivity (Wildman–Crippen MR) is 56.8 cm³/mol. The Kier molecular flexibility index (Phi) is 2.30. The number of hydrogen-bond donors (Lipinski definition) is 2. The van der Waals surface area contributed by atoms with E-state index in [-0.39, 0.29) is 6.10 Å². The Bertz CT molecular complexity index is 327. The third-order valence-electron chi connectivity index (χ3n) is 2.35. The monoisotopic (exact) mass is 241 g/mol. The minimum atomic E-state index is -0.330. The number of benzene rings is 1. The van der Waals surface area contributed by atoms with Gasteiger partial charge in [0.2, 0.25) is 0 Å². The highest BCUT2D eigenvalue weighted by Crippen LogP contribution is 2.33. The number of hydrogen-bond acceptors (Lipinski definition) is 2. The molecule has 0 bridgehead atoms. The van der Waals surface area contributed by atoms with Crippen LogP contribution >= 0.6 is 15.9 Å². The van der Waals surface area contributed by atoms with E-state index < -0.39 is 0 Å². The number of nitrogens with one attached hydrogen (secondary N) is 1. The molecule has 13 heavy (non-hydrogen) atoms. The van der Waals surface area contributed by atoms with Gasteiger partial charge in [0, 0.05) is 21.8 Å². The zero-order valence-electron chi connectivity index (χ0n) is 7.42. The smallest absolute Gasteiger partial charge is 0.0829 e. The second kappa shape index (κ2) is 3.31. The van der Waals surface area contributed by atoms with Gasteiger partial charge in [0.25, 0.3) is 0 Å². The average molecular weight is 242 g/mol. The average Bonchev–Trinajstić information content (AvgIpc) is 2.06. The maximum Gasteiger partial charge on any atom is 0.0829 e. The molecule has 0 unspecified atom stereocenters. The van der Waals surface area contributed by atoms with E-state index in [1.807, 2.05) is 18.2 Å². The second-order valence-corrected chi connectivity index (χ2v) is 4.44. The summed E-state index contributed by atoms with van der Waals surface area (Å²) in [5.74, 6) is 0. The summed E-state index contributed by atoms with van der Waals surface area (Å²) in [6, 6.07) is 6.30. The number of fused-ring (bicyclic) bond motifs is 1. The van der Waals surface area contributed by atoms with Gasteiger partial charge in [-0.1, -0.05) is 15.9 Å². The van der Waals surface area contributed by atoms with Crippen LogP contribution in [-0.4, -0.2) is 11.1 Å². The van der Waals surface area contributed by atoms with Crippen LogP contribution in [0, 0.1) is 0 Å². The van der Waals surface area contributed by atoms with Gasteiger partial charge in [0.1, 0.15) is 0 Å². The number of halogens is 1. The summed E-state index contributed by atoms with van der Waals surface area (Å²) >= 11 is 3.39. The molecule has 1 heterocycles. The Labute approximate surface area is 86.1 Å². The van der Waals surface area contributed by atoms with Crippen LogP contribution in [0.25, 0.3) is 0 Å². The largest absolute Gasteiger partial charge is 0.388 e. The molecule has 0 fully saturated rings. The Morgan fingerprint density at radius 3 is 3.08 bits per heavy atom. The molecule has 1 aliphatic rings. The molecule has 0 saturated carbocycles. The molecule has 0 spiro atoms. The molecule has 1 aromatic rings. The Hall–Kier alpha value is -0.540. The lowest BCUT2D eigenvalue weighted by Gasteiger charge is -2.28. The van der Waals surface area contributed by atoms with Gasteiger partial charge in [-0.05, 0) is 31.5 Å². The number of aliphatic hydroxyl groups is 1. The summed E-state index contributed by atoms with van der Waals surface area (Å²) in [7, 11) is 0. The van der Waals surface area contributed by atoms with E-state index in [4.69, 9.17) is 0 Å². The van der Waals surface area contributed by atoms with Crippen molar-refractivity contribution in [1.82, 2.24) is 0 Å². The van der Waals surface area contributed by atoms with Crippen molar-refractivity contribution in [2.45, 2.75) is 25.5 Å². The molecule has 1 aliphatic heterocycles. The fraction of sp³-hybridized carbons (Fsp3) is 0.400. The predicted octanol–water partition coefficient (Wildman–Crippen LogP) is 2.69. The fourth-order valence-corrected chi connectivity index (χ4v) is 2.11. The summed E-state index contributed by atoms with van der Waals surface area (Å²) in [5, 5.41) is 13.1. The van der Waals surface area contributed by atoms with Crippen molar-refractivity contribution in [3.8, 4) is 0 Å². The summed E-state index contributed by atoms with van der Waals surface area (Å²) < 4.78 is 1.02. The third kappa shape index (κ3) is 1.71. The zero-order valence-corrected chi connectivity index (χ0v) is 9.01. The highest BCUT2D eigenvalue weighted by atomic mass is 79.9. The maximum absolute atomic E-state index is 9.80. The standard InChI is InChI=1S/C10H12BrNO/c1-6-4-10(13)8-5-7(11)2-3-9(8)12-6/h2-3,5-6,10,12-13H,4H2,1H3/t6-,10+/m0/s1. The van der Waals surface area contributed by atoms with Crippen molar-refractivity contribution < 1.29 is 5.11 Å². The molecule has 0 aromatic heterocycles. The molecule has 0 saturated heterocycles. The van der Waals surface area contributed by atoms with Crippen molar-refractivity contribution in [3.63, 3.8) is 0 Å². The molecular weight excluding hydrogens is 230 g/mol. The fourth-order valence-electron chi connectivity index (χ4n) is 1.73. The molecule has 3 heteroatoms. The Morgan fingerprint density at radius 2 is 2.31 bits per heavy atom. The molecule has 0 aliphatic carbocycles. The lowest BCUT2D eigenvalue weighted by molar-refractivity contribution is 0.158. The van der Waals surface area contributed by atoms with Gasteiger partial charge in [0.05, 0.1) is 6.10 Å². The minimum Gasteiger partial charge on any atom is -0.388 e. The Morgan fingerprint density at radius 1 is 1.54 bits per heavy atom. The van der Waals surface area contributed by atoms with Gasteiger partial charge in [-0.2, -0.15) is 0 Å². The first kappa shape index (κ1) is 9.03. The maximum atomic E-state index is 9.80. The van der Waals surface area contributed by atoms with E-state index >= 15 is 0 Å². The first-order valence-electron chi connectivity index (χ1n) is 4.41. The van der Waals surface area contributed by atoms with Gasteiger partial charge in [-0.3, -0.25) is 0 Å². The van der Waals surface area contributed by atoms with Gasteiger partial charge in [0.15, 0.2) is 0 Å². The minimum absolute atomic E-state index is 0.330. The van der Waals surface area contributed by atoms with Crippen LogP contribution in [0.4, 0.5) is 5.69 Å². The molecule has 2 atom stereocenters. The Balaban J connectivity index is 2.43. The van der Waals surface area contributed by atoms with Gasteiger partial charge < -0.3 is 10.4 Å². The highest BCUT2D eigenvalue weighted by Gasteiger charge is 2.21. The SMILES string of the molecule is C[C@H]1C[C@@H](O)c2cc(Br)ccc2N1. The zero-order chi connectivity index (χ0) is 9.42. The first-order chi connectivity index (χ1) is 6.16. The van der Waals surface area contributed by atoms with Gasteiger partial charge in [-0.15, -0.1) is 0 Å². The van der Waals surface area contributed by atoms with Crippen molar-refractivity contribution >= 4 is 21.6 Å². The molecule has 0 radical (unpaired) electrons.